The number of carbonyl (C=O) groups excluding carboxylic acids is 5. The fourth-order valence-corrected chi connectivity index (χ4v) is 7.85. The highest BCUT2D eigenvalue weighted by Crippen LogP contribution is 2.44. The van der Waals surface area contributed by atoms with Crippen LogP contribution in [0.1, 0.15) is 97.3 Å². The maximum Gasteiger partial charge on any atom is 0.407 e. The minimum Gasteiger partial charge on any atom is -0.458 e. The van der Waals surface area contributed by atoms with Crippen LogP contribution in [0.5, 0.6) is 0 Å². The first-order chi connectivity index (χ1) is 26.5. The Bertz CT molecular complexity index is 1830. The Hall–Kier alpha value is -5.19. The molecule has 1 fully saturated rings. The Morgan fingerprint density at radius 1 is 0.786 bits per heavy atom. The summed E-state index contributed by atoms with van der Waals surface area (Å²) in [6, 6.07) is 21.7. The summed E-state index contributed by atoms with van der Waals surface area (Å²) in [6.45, 7) is 14.8. The average Bonchev–Trinajstić information content (AvgIpc) is 3.68. The number of esters is 1. The molecule has 3 aromatic rings. The fraction of sp³-hybridized carbons (Fsp3) is 0.489. The molecule has 0 bridgehead atoms. The van der Waals surface area contributed by atoms with Crippen LogP contribution in [-0.2, 0) is 35.1 Å². The third-order valence-electron chi connectivity index (χ3n) is 10.4. The second kappa shape index (κ2) is 18.2. The third-order valence-corrected chi connectivity index (χ3v) is 10.4. The molecule has 2 aliphatic rings. The van der Waals surface area contributed by atoms with Gasteiger partial charge in [0.15, 0.2) is 0 Å². The van der Waals surface area contributed by atoms with E-state index in [-0.39, 0.29) is 43.1 Å². The van der Waals surface area contributed by atoms with Gasteiger partial charge in [-0.25, -0.2) is 9.59 Å². The number of nitrogens with zero attached hydrogens (tertiary/aromatic N) is 1. The van der Waals surface area contributed by atoms with Gasteiger partial charge >= 0.3 is 12.1 Å². The van der Waals surface area contributed by atoms with Crippen LogP contribution in [0.3, 0.4) is 0 Å². The highest BCUT2D eigenvalue weighted by Gasteiger charge is 2.45. The van der Waals surface area contributed by atoms with E-state index in [0.29, 0.717) is 12.8 Å². The molecule has 0 saturated carbocycles. The number of likely N-dealkylation sites (tertiary alicyclic amines) is 1. The van der Waals surface area contributed by atoms with E-state index >= 15 is 0 Å². The molecule has 5 atom stereocenters. The van der Waals surface area contributed by atoms with Gasteiger partial charge in [-0.2, -0.15) is 0 Å². The summed E-state index contributed by atoms with van der Waals surface area (Å²) in [4.78, 5) is 69.8. The van der Waals surface area contributed by atoms with Crippen molar-refractivity contribution in [2.45, 2.75) is 123 Å². The van der Waals surface area contributed by atoms with E-state index < -0.39 is 59.7 Å². The zero-order valence-electron chi connectivity index (χ0n) is 34.0. The van der Waals surface area contributed by atoms with Crippen molar-refractivity contribution in [3.8, 4) is 11.1 Å². The number of hydrogen-bond acceptors (Lipinski definition) is 7. The number of benzene rings is 3. The molecule has 0 spiro atoms. The largest absolute Gasteiger partial charge is 0.458 e. The minimum atomic E-state index is -0.996. The lowest BCUT2D eigenvalue weighted by molar-refractivity contribution is -0.158. The summed E-state index contributed by atoms with van der Waals surface area (Å²) in [5.74, 6) is -1.90. The molecule has 1 saturated heterocycles. The number of amides is 4. The molecule has 3 N–H and O–H groups in total. The molecule has 1 aliphatic carbocycles. The Morgan fingerprint density at radius 2 is 1.38 bits per heavy atom. The van der Waals surface area contributed by atoms with E-state index in [2.05, 4.69) is 28.1 Å². The molecule has 300 valence electrons. The number of fused-ring (bicyclic) bond motifs is 3. The Balaban J connectivity index is 1.33. The molecule has 1 aliphatic heterocycles. The van der Waals surface area contributed by atoms with Gasteiger partial charge in [0.2, 0.25) is 17.7 Å². The van der Waals surface area contributed by atoms with E-state index in [1.807, 2.05) is 94.4 Å². The first-order valence-corrected chi connectivity index (χ1v) is 19.8. The van der Waals surface area contributed by atoms with Crippen LogP contribution < -0.4 is 16.0 Å². The van der Waals surface area contributed by atoms with E-state index in [4.69, 9.17) is 9.47 Å². The van der Waals surface area contributed by atoms with Gasteiger partial charge in [-0.3, -0.25) is 14.4 Å². The smallest absolute Gasteiger partial charge is 0.407 e. The Morgan fingerprint density at radius 3 is 1.95 bits per heavy atom. The van der Waals surface area contributed by atoms with Crippen LogP contribution in [-0.4, -0.2) is 77.1 Å². The van der Waals surface area contributed by atoms with E-state index in [1.165, 1.54) is 0 Å². The monoisotopic (exact) mass is 766 g/mol. The molecule has 56 heavy (non-hydrogen) atoms. The van der Waals surface area contributed by atoms with Crippen molar-refractivity contribution in [3.05, 3.63) is 95.6 Å². The number of hydrogen-bond donors (Lipinski definition) is 3. The number of rotatable bonds is 15. The quantitative estimate of drug-likeness (QED) is 0.149. The number of ether oxygens (including phenoxy) is 2. The fourth-order valence-electron chi connectivity index (χ4n) is 7.85. The Kier molecular flexibility index (Phi) is 13.6. The molecular weight excluding hydrogens is 709 g/mol. The predicted molar refractivity (Wildman–Crippen MR) is 215 cm³/mol. The van der Waals surface area contributed by atoms with Gasteiger partial charge < -0.3 is 30.3 Å². The molecule has 3 aromatic carbocycles. The predicted octanol–water partition coefficient (Wildman–Crippen LogP) is 6.53. The van der Waals surface area contributed by atoms with E-state index in [9.17, 15) is 24.0 Å². The zero-order chi connectivity index (χ0) is 40.7. The maximum absolute atomic E-state index is 14.3. The minimum absolute atomic E-state index is 0.0420. The second-order valence-electron chi connectivity index (χ2n) is 16.8. The summed E-state index contributed by atoms with van der Waals surface area (Å²) < 4.78 is 11.3. The van der Waals surface area contributed by atoms with Gasteiger partial charge in [0.05, 0.1) is 12.1 Å². The van der Waals surface area contributed by atoms with E-state index in [0.717, 1.165) is 27.8 Å². The van der Waals surface area contributed by atoms with Gasteiger partial charge in [-0.05, 0) is 80.2 Å². The van der Waals surface area contributed by atoms with Crippen molar-refractivity contribution in [2.24, 2.45) is 11.8 Å². The lowest BCUT2D eigenvalue weighted by atomic mass is 9.91. The number of carbonyl (C=O) groups is 5. The maximum atomic E-state index is 14.3. The lowest BCUT2D eigenvalue weighted by Gasteiger charge is -2.40. The normalized spacial score (nSPS) is 17.4. The van der Waals surface area contributed by atoms with Gasteiger partial charge in [-0.15, -0.1) is 0 Å². The summed E-state index contributed by atoms with van der Waals surface area (Å²) in [7, 11) is 0. The highest BCUT2D eigenvalue weighted by molar-refractivity contribution is 5.92. The van der Waals surface area contributed by atoms with Gasteiger partial charge in [0.25, 0.3) is 0 Å². The average molecular weight is 767 g/mol. The van der Waals surface area contributed by atoms with Gasteiger partial charge in [0, 0.05) is 18.8 Å². The summed E-state index contributed by atoms with van der Waals surface area (Å²) >= 11 is 0. The summed E-state index contributed by atoms with van der Waals surface area (Å²) in [5.41, 5.74) is 4.51. The molecule has 0 unspecified atom stereocenters. The zero-order valence-corrected chi connectivity index (χ0v) is 34.0. The number of alkyl carbamates (subject to hydrolysis) is 1. The van der Waals surface area contributed by atoms with Crippen molar-refractivity contribution >= 4 is 29.8 Å². The number of nitrogens with one attached hydrogen (secondary N) is 3. The highest BCUT2D eigenvalue weighted by atomic mass is 16.6. The Labute approximate surface area is 331 Å². The SMILES string of the molecule is CC(C)C[C@@H](C(=O)N[C@@H](C)C(=O)OC(C)(C)C)N1C(=O)CC[C@@H]1[C@@H](NC(=O)[C@H](Cc1ccccc1)NC(=O)OCC1c2ccccc2-c2ccccc21)C(C)C. The van der Waals surface area contributed by atoms with Crippen LogP contribution in [0, 0.1) is 11.8 Å². The standard InChI is InChI=1S/C45H58N4O7/c1-27(2)24-38(42(52)46-29(5)43(53)56-45(6,7)8)49-37(22-23-39(49)50)40(28(3)4)48-41(51)36(25-30-16-10-9-11-17-30)47-44(54)55-26-35-33-20-14-12-18-31(33)32-19-13-15-21-34(32)35/h9-21,27-29,35-38,40H,22-26H2,1-8H3,(H,46,52)(H,47,54)(H,48,51)/t29-,36-,37+,38-,40-/m0/s1. The van der Waals surface area contributed by atoms with Crippen molar-refractivity contribution < 1.29 is 33.4 Å². The third kappa shape index (κ3) is 10.4. The molecule has 11 heteroatoms. The van der Waals surface area contributed by atoms with Crippen molar-refractivity contribution in [1.29, 1.82) is 0 Å². The van der Waals surface area contributed by atoms with Crippen LogP contribution in [0.2, 0.25) is 0 Å². The first kappa shape index (κ1) is 42.0. The van der Waals surface area contributed by atoms with Crippen molar-refractivity contribution in [1.82, 2.24) is 20.9 Å². The molecule has 4 amide bonds. The van der Waals surface area contributed by atoms with Crippen LogP contribution in [0.25, 0.3) is 11.1 Å². The molecular formula is C45H58N4O7. The van der Waals surface area contributed by atoms with Crippen LogP contribution >= 0.6 is 0 Å². The van der Waals surface area contributed by atoms with Crippen LogP contribution in [0.15, 0.2) is 78.9 Å². The molecule has 5 rings (SSSR count). The summed E-state index contributed by atoms with van der Waals surface area (Å²) in [6.07, 6.45) is 0.478. The first-order valence-electron chi connectivity index (χ1n) is 19.8. The van der Waals surface area contributed by atoms with E-state index in [1.54, 1.807) is 32.6 Å². The molecule has 11 nitrogen and oxygen atoms in total. The summed E-state index contributed by atoms with van der Waals surface area (Å²) in [5, 5.41) is 8.82. The van der Waals surface area contributed by atoms with Crippen molar-refractivity contribution in [2.75, 3.05) is 6.61 Å². The molecule has 0 radical (unpaired) electrons. The second-order valence-corrected chi connectivity index (χ2v) is 16.8. The molecule has 0 aromatic heterocycles. The van der Waals surface area contributed by atoms with Crippen LogP contribution in [0.4, 0.5) is 4.79 Å². The topological polar surface area (TPSA) is 143 Å². The molecule has 1 heterocycles. The van der Waals surface area contributed by atoms with Gasteiger partial charge in [-0.1, -0.05) is 107 Å². The van der Waals surface area contributed by atoms with Gasteiger partial charge in [0.1, 0.15) is 30.3 Å². The van der Waals surface area contributed by atoms with Crippen molar-refractivity contribution in [3.63, 3.8) is 0 Å². The lowest BCUT2D eigenvalue weighted by Crippen LogP contribution is -2.61.